The summed E-state index contributed by atoms with van der Waals surface area (Å²) in [5.74, 6) is 0.417. The SMILES string of the molecule is O=C1CSC(N2CCCCCC2CO)=N1. The zero-order valence-corrected chi connectivity index (χ0v) is 9.50. The maximum atomic E-state index is 11.1. The number of carbonyl (C=O) groups is 1. The Hall–Kier alpha value is -0.550. The molecule has 1 atom stereocenters. The molecule has 1 saturated heterocycles. The van der Waals surface area contributed by atoms with Gasteiger partial charge in [-0.25, -0.2) is 0 Å². The predicted molar refractivity (Wildman–Crippen MR) is 60.9 cm³/mol. The summed E-state index contributed by atoms with van der Waals surface area (Å²) in [7, 11) is 0. The number of amides is 1. The Morgan fingerprint density at radius 1 is 1.47 bits per heavy atom. The minimum absolute atomic E-state index is 0.0454. The Kier molecular flexibility index (Phi) is 3.64. The quantitative estimate of drug-likeness (QED) is 0.723. The van der Waals surface area contributed by atoms with Crippen LogP contribution in [0.4, 0.5) is 0 Å². The number of likely N-dealkylation sites (tertiary alicyclic amines) is 1. The summed E-state index contributed by atoms with van der Waals surface area (Å²) in [5, 5.41) is 10.1. The molecule has 15 heavy (non-hydrogen) atoms. The minimum Gasteiger partial charge on any atom is -0.394 e. The van der Waals surface area contributed by atoms with Crippen LogP contribution in [0.15, 0.2) is 4.99 Å². The van der Waals surface area contributed by atoms with Gasteiger partial charge in [0.05, 0.1) is 18.4 Å². The van der Waals surface area contributed by atoms with Crippen molar-refractivity contribution in [3.63, 3.8) is 0 Å². The van der Waals surface area contributed by atoms with E-state index in [0.717, 1.165) is 31.0 Å². The van der Waals surface area contributed by atoms with Crippen LogP contribution in [-0.4, -0.2) is 46.0 Å². The molecule has 1 N–H and O–H groups in total. The number of hydrogen-bond donors (Lipinski definition) is 1. The summed E-state index contributed by atoms with van der Waals surface area (Å²) < 4.78 is 0. The predicted octanol–water partition coefficient (Wildman–Crippen LogP) is 0.853. The van der Waals surface area contributed by atoms with Gasteiger partial charge in [0.2, 0.25) is 0 Å². The monoisotopic (exact) mass is 228 g/mol. The molecule has 5 heteroatoms. The van der Waals surface area contributed by atoms with Crippen LogP contribution in [0.25, 0.3) is 0 Å². The number of rotatable bonds is 1. The highest BCUT2D eigenvalue weighted by molar-refractivity contribution is 8.14. The van der Waals surface area contributed by atoms with E-state index in [4.69, 9.17) is 0 Å². The third kappa shape index (κ3) is 2.52. The van der Waals surface area contributed by atoms with Crippen molar-refractivity contribution in [1.29, 1.82) is 0 Å². The molecule has 0 saturated carbocycles. The summed E-state index contributed by atoms with van der Waals surface area (Å²) in [5.41, 5.74) is 0. The maximum absolute atomic E-state index is 11.1. The smallest absolute Gasteiger partial charge is 0.258 e. The van der Waals surface area contributed by atoms with E-state index in [2.05, 4.69) is 9.89 Å². The van der Waals surface area contributed by atoms with E-state index < -0.39 is 0 Å². The highest BCUT2D eigenvalue weighted by atomic mass is 32.2. The first-order valence-corrected chi connectivity index (χ1v) is 6.41. The number of aliphatic hydroxyl groups excluding tert-OH is 1. The molecule has 1 unspecified atom stereocenters. The molecule has 2 heterocycles. The maximum Gasteiger partial charge on any atom is 0.258 e. The van der Waals surface area contributed by atoms with Crippen LogP contribution in [0.3, 0.4) is 0 Å². The lowest BCUT2D eigenvalue weighted by molar-refractivity contribution is -0.115. The van der Waals surface area contributed by atoms with Gasteiger partial charge in [0, 0.05) is 6.54 Å². The molecule has 2 rings (SSSR count). The molecule has 0 radical (unpaired) electrons. The molecular weight excluding hydrogens is 212 g/mol. The molecule has 2 aliphatic heterocycles. The van der Waals surface area contributed by atoms with Crippen molar-refractivity contribution in [2.75, 3.05) is 18.9 Å². The van der Waals surface area contributed by atoms with Crippen molar-refractivity contribution < 1.29 is 9.90 Å². The number of carbonyl (C=O) groups excluding carboxylic acids is 1. The van der Waals surface area contributed by atoms with Crippen molar-refractivity contribution in [2.45, 2.75) is 31.7 Å². The largest absolute Gasteiger partial charge is 0.394 e. The normalized spacial score (nSPS) is 27.8. The zero-order chi connectivity index (χ0) is 10.7. The number of thioether (sulfide) groups is 1. The Balaban J connectivity index is 2.09. The highest BCUT2D eigenvalue weighted by Gasteiger charge is 2.27. The molecular formula is C10H16N2O2S. The van der Waals surface area contributed by atoms with Gasteiger partial charge in [-0.05, 0) is 12.8 Å². The van der Waals surface area contributed by atoms with Crippen molar-refractivity contribution >= 4 is 22.8 Å². The van der Waals surface area contributed by atoms with Gasteiger partial charge >= 0.3 is 0 Å². The lowest BCUT2D eigenvalue weighted by atomic mass is 10.1. The van der Waals surface area contributed by atoms with Crippen molar-refractivity contribution in [3.8, 4) is 0 Å². The van der Waals surface area contributed by atoms with Crippen molar-refractivity contribution in [1.82, 2.24) is 4.90 Å². The molecule has 0 aromatic heterocycles. The third-order valence-electron chi connectivity index (χ3n) is 2.88. The molecule has 0 spiro atoms. The molecule has 0 aliphatic carbocycles. The first-order chi connectivity index (χ1) is 7.31. The molecule has 4 nitrogen and oxygen atoms in total. The lowest BCUT2D eigenvalue weighted by Gasteiger charge is -2.29. The van der Waals surface area contributed by atoms with Crippen LogP contribution < -0.4 is 0 Å². The average Bonchev–Trinajstić information content (AvgIpc) is 2.54. The van der Waals surface area contributed by atoms with E-state index in [0.29, 0.717) is 5.75 Å². The first-order valence-electron chi connectivity index (χ1n) is 5.43. The summed E-state index contributed by atoms with van der Waals surface area (Å²) in [6.07, 6.45) is 4.50. The molecule has 84 valence electrons. The van der Waals surface area contributed by atoms with E-state index in [-0.39, 0.29) is 18.6 Å². The summed E-state index contributed by atoms with van der Waals surface area (Å²) in [6.45, 7) is 1.08. The second-order valence-electron chi connectivity index (χ2n) is 3.96. The molecule has 1 amide bonds. The lowest BCUT2D eigenvalue weighted by Crippen LogP contribution is -2.40. The number of amidine groups is 1. The van der Waals surface area contributed by atoms with E-state index in [1.54, 1.807) is 0 Å². The zero-order valence-electron chi connectivity index (χ0n) is 8.69. The van der Waals surface area contributed by atoms with E-state index in [1.165, 1.54) is 18.2 Å². The summed E-state index contributed by atoms with van der Waals surface area (Å²) in [4.78, 5) is 17.2. The summed E-state index contributed by atoms with van der Waals surface area (Å²) >= 11 is 1.50. The topological polar surface area (TPSA) is 52.9 Å². The van der Waals surface area contributed by atoms with Crippen molar-refractivity contribution in [3.05, 3.63) is 0 Å². The molecule has 2 aliphatic rings. The minimum atomic E-state index is -0.0454. The fourth-order valence-electron chi connectivity index (χ4n) is 2.06. The molecule has 1 fully saturated rings. The van der Waals surface area contributed by atoms with Crippen LogP contribution in [-0.2, 0) is 4.79 Å². The first kappa shape index (κ1) is 11.0. The number of aliphatic hydroxyl groups is 1. The van der Waals surface area contributed by atoms with Gasteiger partial charge in [-0.15, -0.1) is 0 Å². The number of nitrogens with zero attached hydrogens (tertiary/aromatic N) is 2. The van der Waals surface area contributed by atoms with Crippen LogP contribution in [0.5, 0.6) is 0 Å². The van der Waals surface area contributed by atoms with E-state index in [1.807, 2.05) is 0 Å². The van der Waals surface area contributed by atoms with Crippen LogP contribution in [0.2, 0.25) is 0 Å². The van der Waals surface area contributed by atoms with Gasteiger partial charge in [0.1, 0.15) is 0 Å². The summed E-state index contributed by atoms with van der Waals surface area (Å²) in [6, 6.07) is 0.157. The van der Waals surface area contributed by atoms with E-state index >= 15 is 0 Å². The van der Waals surface area contributed by atoms with Gasteiger partial charge < -0.3 is 10.0 Å². The van der Waals surface area contributed by atoms with Crippen LogP contribution >= 0.6 is 11.8 Å². The second-order valence-corrected chi connectivity index (χ2v) is 4.90. The van der Waals surface area contributed by atoms with Crippen LogP contribution in [0, 0.1) is 0 Å². The van der Waals surface area contributed by atoms with Gasteiger partial charge in [-0.3, -0.25) is 4.79 Å². The Morgan fingerprint density at radius 3 is 3.00 bits per heavy atom. The van der Waals surface area contributed by atoms with E-state index in [9.17, 15) is 9.90 Å². The second kappa shape index (κ2) is 4.99. The van der Waals surface area contributed by atoms with Crippen LogP contribution in [0.1, 0.15) is 25.7 Å². The van der Waals surface area contributed by atoms with Gasteiger partial charge in [0.25, 0.3) is 5.91 Å². The molecule has 0 bridgehead atoms. The Labute approximate surface area is 93.7 Å². The third-order valence-corrected chi connectivity index (χ3v) is 3.85. The van der Waals surface area contributed by atoms with Gasteiger partial charge in [-0.2, -0.15) is 4.99 Å². The van der Waals surface area contributed by atoms with Gasteiger partial charge in [-0.1, -0.05) is 24.6 Å². The molecule has 0 aromatic rings. The highest BCUT2D eigenvalue weighted by Crippen LogP contribution is 2.24. The Morgan fingerprint density at radius 2 is 2.33 bits per heavy atom. The van der Waals surface area contributed by atoms with Crippen molar-refractivity contribution in [2.24, 2.45) is 4.99 Å². The molecule has 0 aromatic carbocycles. The fourth-order valence-corrected chi connectivity index (χ4v) is 2.95. The number of hydrogen-bond acceptors (Lipinski definition) is 4. The standard InChI is InChI=1S/C10H16N2O2S/c13-6-8-4-2-1-3-5-12(8)10-11-9(14)7-15-10/h8,13H,1-7H2. The average molecular weight is 228 g/mol. The fraction of sp³-hybridized carbons (Fsp3) is 0.800. The number of aliphatic imine (C=N–C) groups is 1. The Bertz CT molecular complexity index is 281. The van der Waals surface area contributed by atoms with Gasteiger partial charge in [0.15, 0.2) is 5.17 Å².